The highest BCUT2D eigenvalue weighted by atomic mass is 16.5. The van der Waals surface area contributed by atoms with Gasteiger partial charge in [-0.1, -0.05) is 19.1 Å². The molecular weight excluding hydrogens is 388 g/mol. The Labute approximate surface area is 183 Å². The maximum Gasteiger partial charge on any atom is 0.227 e. The maximum absolute atomic E-state index is 13.3. The van der Waals surface area contributed by atoms with Gasteiger partial charge in [0.05, 0.1) is 25.3 Å². The number of likely N-dealkylation sites (tertiary alicyclic amines) is 1. The normalized spacial score (nSPS) is 15.8. The van der Waals surface area contributed by atoms with Crippen molar-refractivity contribution in [2.24, 2.45) is 0 Å². The number of pyridine rings is 1. The molecule has 1 saturated heterocycles. The van der Waals surface area contributed by atoms with Crippen LogP contribution in [0.1, 0.15) is 49.3 Å². The lowest BCUT2D eigenvalue weighted by Gasteiger charge is -2.26. The number of rotatable bonds is 7. The summed E-state index contributed by atoms with van der Waals surface area (Å²) in [5.74, 6) is 1.76. The summed E-state index contributed by atoms with van der Waals surface area (Å²) in [5, 5.41) is 0. The number of aromatic nitrogens is 3. The van der Waals surface area contributed by atoms with Gasteiger partial charge in [-0.2, -0.15) is 0 Å². The van der Waals surface area contributed by atoms with Crippen molar-refractivity contribution in [1.82, 2.24) is 19.9 Å². The Morgan fingerprint density at radius 1 is 1.16 bits per heavy atom. The van der Waals surface area contributed by atoms with Crippen LogP contribution in [0.2, 0.25) is 0 Å². The number of hydrogen-bond donors (Lipinski definition) is 0. The molecule has 1 amide bonds. The van der Waals surface area contributed by atoms with E-state index in [0.29, 0.717) is 6.42 Å². The van der Waals surface area contributed by atoms with Crippen LogP contribution in [0.25, 0.3) is 11.1 Å². The van der Waals surface area contributed by atoms with Crippen LogP contribution in [0.5, 0.6) is 5.75 Å². The molecule has 1 aromatic carbocycles. The van der Waals surface area contributed by atoms with Gasteiger partial charge in [0.1, 0.15) is 11.6 Å². The molecule has 4 rings (SSSR count). The predicted octanol–water partition coefficient (Wildman–Crippen LogP) is 4.41. The van der Waals surface area contributed by atoms with E-state index in [4.69, 9.17) is 9.72 Å². The summed E-state index contributed by atoms with van der Waals surface area (Å²) < 4.78 is 5.22. The molecule has 1 aliphatic heterocycles. The van der Waals surface area contributed by atoms with E-state index in [0.717, 1.165) is 66.2 Å². The van der Waals surface area contributed by atoms with Crippen molar-refractivity contribution < 1.29 is 9.53 Å². The molecule has 0 unspecified atom stereocenters. The number of carbonyl (C=O) groups is 1. The standard InChI is InChI=1S/C25H28N4O2/c1-3-5-23-27-17-21(19-11-13-26-14-12-19)25(28-23)22-6-4-15-29(22)24(30)16-18-7-9-20(31-2)10-8-18/h7-14,17,22H,3-6,15-16H2,1-2H3/t22-/m1/s1. The van der Waals surface area contributed by atoms with E-state index in [1.165, 1.54) is 0 Å². The second-order valence-corrected chi connectivity index (χ2v) is 7.84. The Balaban J connectivity index is 1.63. The molecule has 6 heteroatoms. The fraction of sp³-hybridized carbons (Fsp3) is 0.360. The van der Waals surface area contributed by atoms with Crippen molar-refractivity contribution in [3.8, 4) is 16.9 Å². The van der Waals surface area contributed by atoms with E-state index in [2.05, 4.69) is 16.9 Å². The molecule has 0 aliphatic carbocycles. The lowest BCUT2D eigenvalue weighted by atomic mass is 10.00. The molecule has 3 heterocycles. The van der Waals surface area contributed by atoms with E-state index in [-0.39, 0.29) is 11.9 Å². The molecule has 0 radical (unpaired) electrons. The van der Waals surface area contributed by atoms with Crippen LogP contribution in [0, 0.1) is 0 Å². The zero-order chi connectivity index (χ0) is 21.6. The van der Waals surface area contributed by atoms with Gasteiger partial charge in [-0.3, -0.25) is 9.78 Å². The number of carbonyl (C=O) groups excluding carboxylic acids is 1. The second kappa shape index (κ2) is 9.69. The molecule has 31 heavy (non-hydrogen) atoms. The summed E-state index contributed by atoms with van der Waals surface area (Å²) in [6.45, 7) is 2.88. The van der Waals surface area contributed by atoms with Crippen LogP contribution in [0.4, 0.5) is 0 Å². The minimum absolute atomic E-state index is 0.0347. The highest BCUT2D eigenvalue weighted by Crippen LogP contribution is 2.36. The maximum atomic E-state index is 13.3. The summed E-state index contributed by atoms with van der Waals surface area (Å²) in [4.78, 5) is 28.9. The molecule has 0 spiro atoms. The van der Waals surface area contributed by atoms with Crippen LogP contribution in [0.3, 0.4) is 0 Å². The molecule has 3 aromatic rings. The van der Waals surface area contributed by atoms with Crippen molar-refractivity contribution >= 4 is 5.91 Å². The molecule has 0 bridgehead atoms. The lowest BCUT2D eigenvalue weighted by molar-refractivity contribution is -0.131. The van der Waals surface area contributed by atoms with E-state index in [1.807, 2.05) is 47.5 Å². The molecule has 0 N–H and O–H groups in total. The molecule has 2 aromatic heterocycles. The highest BCUT2D eigenvalue weighted by Gasteiger charge is 2.33. The van der Waals surface area contributed by atoms with E-state index in [1.54, 1.807) is 19.5 Å². The van der Waals surface area contributed by atoms with Gasteiger partial charge in [0.15, 0.2) is 0 Å². The summed E-state index contributed by atoms with van der Waals surface area (Å²) >= 11 is 0. The van der Waals surface area contributed by atoms with Crippen molar-refractivity contribution in [3.05, 3.63) is 72.1 Å². The molecule has 160 valence electrons. The lowest BCUT2D eigenvalue weighted by Crippen LogP contribution is -2.32. The van der Waals surface area contributed by atoms with Gasteiger partial charge in [0, 0.05) is 37.1 Å². The predicted molar refractivity (Wildman–Crippen MR) is 120 cm³/mol. The molecule has 0 saturated carbocycles. The van der Waals surface area contributed by atoms with Gasteiger partial charge in [0.2, 0.25) is 5.91 Å². The first-order valence-corrected chi connectivity index (χ1v) is 10.9. The average molecular weight is 417 g/mol. The first-order chi connectivity index (χ1) is 15.2. The van der Waals surface area contributed by atoms with Crippen LogP contribution in [0.15, 0.2) is 55.0 Å². The van der Waals surface area contributed by atoms with Crippen LogP contribution < -0.4 is 4.74 Å². The third kappa shape index (κ3) is 4.74. The highest BCUT2D eigenvalue weighted by molar-refractivity contribution is 5.80. The molecule has 1 aliphatic rings. The van der Waals surface area contributed by atoms with Crippen molar-refractivity contribution in [3.63, 3.8) is 0 Å². The summed E-state index contributed by atoms with van der Waals surface area (Å²) in [6, 6.07) is 11.6. The number of aryl methyl sites for hydroxylation is 1. The SMILES string of the molecule is CCCc1ncc(-c2ccncc2)c([C@H]2CCCN2C(=O)Cc2ccc(OC)cc2)n1. The molecule has 1 atom stereocenters. The van der Waals surface area contributed by atoms with E-state index in [9.17, 15) is 4.79 Å². The van der Waals surface area contributed by atoms with E-state index >= 15 is 0 Å². The minimum Gasteiger partial charge on any atom is -0.497 e. The largest absolute Gasteiger partial charge is 0.497 e. The number of methoxy groups -OCH3 is 1. The molecule has 1 fully saturated rings. The van der Waals surface area contributed by atoms with E-state index < -0.39 is 0 Å². The zero-order valence-corrected chi connectivity index (χ0v) is 18.1. The third-order valence-corrected chi connectivity index (χ3v) is 5.74. The van der Waals surface area contributed by atoms with Gasteiger partial charge in [0.25, 0.3) is 0 Å². The van der Waals surface area contributed by atoms with Crippen LogP contribution in [-0.4, -0.2) is 39.4 Å². The average Bonchev–Trinajstić information content (AvgIpc) is 3.30. The summed E-state index contributed by atoms with van der Waals surface area (Å²) in [7, 11) is 1.64. The smallest absolute Gasteiger partial charge is 0.227 e. The minimum atomic E-state index is -0.0347. The number of hydrogen-bond acceptors (Lipinski definition) is 5. The van der Waals surface area contributed by atoms with Crippen molar-refractivity contribution in [2.75, 3.05) is 13.7 Å². The fourth-order valence-electron chi connectivity index (χ4n) is 4.15. The number of nitrogens with zero attached hydrogens (tertiary/aromatic N) is 4. The quantitative estimate of drug-likeness (QED) is 0.571. The van der Waals surface area contributed by atoms with Gasteiger partial charge in [-0.05, 0) is 54.7 Å². The topological polar surface area (TPSA) is 68.2 Å². The van der Waals surface area contributed by atoms with Gasteiger partial charge in [-0.25, -0.2) is 9.97 Å². The molecule has 6 nitrogen and oxygen atoms in total. The Morgan fingerprint density at radius 3 is 2.65 bits per heavy atom. The van der Waals surface area contributed by atoms with Gasteiger partial charge < -0.3 is 9.64 Å². The van der Waals surface area contributed by atoms with Crippen LogP contribution in [-0.2, 0) is 17.6 Å². The Hall–Kier alpha value is -3.28. The summed E-state index contributed by atoms with van der Waals surface area (Å²) in [6.07, 6.45) is 9.54. The van der Waals surface area contributed by atoms with Crippen molar-refractivity contribution in [2.45, 2.75) is 45.1 Å². The Kier molecular flexibility index (Phi) is 6.55. The third-order valence-electron chi connectivity index (χ3n) is 5.74. The molecular formula is C25H28N4O2. The zero-order valence-electron chi connectivity index (χ0n) is 18.1. The first-order valence-electron chi connectivity index (χ1n) is 10.9. The Morgan fingerprint density at radius 2 is 1.94 bits per heavy atom. The Bertz CT molecular complexity index is 1020. The van der Waals surface area contributed by atoms with Crippen LogP contribution >= 0.6 is 0 Å². The monoisotopic (exact) mass is 416 g/mol. The number of ether oxygens (including phenoxy) is 1. The van der Waals surface area contributed by atoms with Gasteiger partial charge >= 0.3 is 0 Å². The first kappa shape index (κ1) is 21.0. The summed E-state index contributed by atoms with van der Waals surface area (Å²) in [5.41, 5.74) is 3.95. The number of amides is 1. The van der Waals surface area contributed by atoms with Gasteiger partial charge in [-0.15, -0.1) is 0 Å². The number of benzene rings is 1. The second-order valence-electron chi connectivity index (χ2n) is 7.84. The fourth-order valence-corrected chi connectivity index (χ4v) is 4.15. The van der Waals surface area contributed by atoms with Crippen molar-refractivity contribution in [1.29, 1.82) is 0 Å².